The minimum Gasteiger partial charge on any atom is -0.497 e. The fraction of sp³-hybridized carbons (Fsp3) is 0.360. The van der Waals surface area contributed by atoms with Crippen LogP contribution in [0.2, 0.25) is 0 Å². The summed E-state index contributed by atoms with van der Waals surface area (Å²) >= 11 is 5.78. The highest BCUT2D eigenvalue weighted by molar-refractivity contribution is 7.80. The average Bonchev–Trinajstić information content (AvgIpc) is 3.27. The van der Waals surface area contributed by atoms with Gasteiger partial charge in [0.2, 0.25) is 0 Å². The number of aryl methyl sites for hydroxylation is 1. The normalized spacial score (nSPS) is 18.3. The van der Waals surface area contributed by atoms with Crippen molar-refractivity contribution in [2.24, 2.45) is 0 Å². The van der Waals surface area contributed by atoms with Gasteiger partial charge in [0.15, 0.2) is 5.11 Å². The van der Waals surface area contributed by atoms with Gasteiger partial charge in [-0.05, 0) is 80.5 Å². The molecule has 3 aromatic rings. The molecule has 1 aliphatic heterocycles. The minimum absolute atomic E-state index is 0.0235. The average molecular weight is 435 g/mol. The molecule has 1 N–H and O–H groups in total. The van der Waals surface area contributed by atoms with Crippen LogP contribution in [0.15, 0.2) is 54.7 Å². The van der Waals surface area contributed by atoms with Crippen molar-refractivity contribution in [3.8, 4) is 11.4 Å². The van der Waals surface area contributed by atoms with Crippen molar-refractivity contribution < 1.29 is 4.74 Å². The summed E-state index contributed by atoms with van der Waals surface area (Å²) in [5.74, 6) is 0.859. The van der Waals surface area contributed by atoms with Crippen molar-refractivity contribution >= 4 is 17.3 Å². The number of nitrogens with one attached hydrogen (secondary N) is 1. The van der Waals surface area contributed by atoms with Gasteiger partial charge in [-0.1, -0.05) is 19.4 Å². The number of pyridine rings is 1. The van der Waals surface area contributed by atoms with Crippen LogP contribution in [-0.4, -0.2) is 33.2 Å². The van der Waals surface area contributed by atoms with Gasteiger partial charge in [0.25, 0.3) is 0 Å². The first-order valence-corrected chi connectivity index (χ1v) is 11.3. The molecule has 0 unspecified atom stereocenters. The smallest absolute Gasteiger partial charge is 0.170 e. The Hall–Kier alpha value is -2.86. The fourth-order valence-electron chi connectivity index (χ4n) is 4.53. The molecule has 1 fully saturated rings. The third kappa shape index (κ3) is 4.04. The second-order valence-electron chi connectivity index (χ2n) is 8.03. The number of thiocarbonyl (C=S) groups is 1. The number of hydrogen-bond donors (Lipinski definition) is 1. The van der Waals surface area contributed by atoms with Crippen molar-refractivity contribution in [2.45, 2.75) is 45.7 Å². The maximum absolute atomic E-state index is 5.78. The van der Waals surface area contributed by atoms with Crippen LogP contribution in [-0.2, 0) is 0 Å². The largest absolute Gasteiger partial charge is 0.497 e. The van der Waals surface area contributed by atoms with Crippen LogP contribution >= 0.6 is 12.2 Å². The van der Waals surface area contributed by atoms with Crippen molar-refractivity contribution in [1.29, 1.82) is 0 Å². The van der Waals surface area contributed by atoms with Gasteiger partial charge in [0.1, 0.15) is 5.75 Å². The molecular formula is C25H30N4OS. The number of hydrogen-bond acceptors (Lipinski definition) is 3. The SMILES string of the molecule is CCCCN1C(=S)N[C@H](c2ccccn2)[C@H]1c1cc(C)n(-c2ccc(OC)cc2)c1C. The molecule has 31 heavy (non-hydrogen) atoms. The molecule has 3 heterocycles. The number of nitrogens with zero attached hydrogens (tertiary/aromatic N) is 3. The number of aromatic nitrogens is 2. The molecule has 1 aromatic carbocycles. The number of unbranched alkanes of at least 4 members (excludes halogenated alkanes) is 1. The van der Waals surface area contributed by atoms with Crippen molar-refractivity contribution in [1.82, 2.24) is 19.8 Å². The van der Waals surface area contributed by atoms with Crippen molar-refractivity contribution in [3.05, 3.63) is 77.4 Å². The van der Waals surface area contributed by atoms with E-state index in [4.69, 9.17) is 17.0 Å². The standard InChI is InChI=1S/C25H30N4OS/c1-5-6-15-28-24(23(27-25(28)31)22-9-7-8-14-26-22)21-16-17(2)29(18(21)3)19-10-12-20(30-4)13-11-19/h7-14,16,23-24H,5-6,15H2,1-4H3,(H,27,31)/t23-,24-/m1/s1. The topological polar surface area (TPSA) is 42.3 Å². The summed E-state index contributed by atoms with van der Waals surface area (Å²) in [7, 11) is 1.69. The molecule has 4 rings (SSSR count). The van der Waals surface area contributed by atoms with E-state index in [9.17, 15) is 0 Å². The van der Waals surface area contributed by atoms with Gasteiger partial charge in [-0.3, -0.25) is 4.98 Å². The van der Waals surface area contributed by atoms with Gasteiger partial charge >= 0.3 is 0 Å². The molecule has 0 aliphatic carbocycles. The zero-order chi connectivity index (χ0) is 22.0. The molecule has 0 bridgehead atoms. The third-order valence-corrected chi connectivity index (χ3v) is 6.42. The van der Waals surface area contributed by atoms with Crippen LogP contribution in [0.1, 0.15) is 54.5 Å². The highest BCUT2D eigenvalue weighted by Gasteiger charge is 2.41. The van der Waals surface area contributed by atoms with Crippen LogP contribution in [0.5, 0.6) is 5.75 Å². The lowest BCUT2D eigenvalue weighted by atomic mass is 9.96. The molecule has 6 heteroatoms. The van der Waals surface area contributed by atoms with Gasteiger partial charge in [-0.15, -0.1) is 0 Å². The Morgan fingerprint density at radius 3 is 2.55 bits per heavy atom. The Labute approximate surface area is 190 Å². The first-order chi connectivity index (χ1) is 15.0. The molecule has 162 valence electrons. The Kier molecular flexibility index (Phi) is 6.28. The maximum atomic E-state index is 5.78. The molecular weight excluding hydrogens is 404 g/mol. The van der Waals surface area contributed by atoms with Crippen LogP contribution in [0.4, 0.5) is 0 Å². The van der Waals surface area contributed by atoms with Crippen LogP contribution in [0.3, 0.4) is 0 Å². The zero-order valence-corrected chi connectivity index (χ0v) is 19.4. The van der Waals surface area contributed by atoms with E-state index in [2.05, 4.69) is 64.8 Å². The number of methoxy groups -OCH3 is 1. The Morgan fingerprint density at radius 1 is 1.13 bits per heavy atom. The minimum atomic E-state index is 0.0235. The molecule has 0 radical (unpaired) electrons. The van der Waals surface area contributed by atoms with Gasteiger partial charge in [0, 0.05) is 29.8 Å². The van der Waals surface area contributed by atoms with E-state index < -0.39 is 0 Å². The highest BCUT2D eigenvalue weighted by atomic mass is 32.1. The molecule has 5 nitrogen and oxygen atoms in total. The van der Waals surface area contributed by atoms with Gasteiger partial charge in [-0.2, -0.15) is 0 Å². The zero-order valence-electron chi connectivity index (χ0n) is 18.6. The molecule has 2 aromatic heterocycles. The first-order valence-electron chi connectivity index (χ1n) is 10.9. The van der Waals surface area contributed by atoms with E-state index in [0.717, 1.165) is 41.6 Å². The van der Waals surface area contributed by atoms with Crippen molar-refractivity contribution in [3.63, 3.8) is 0 Å². The van der Waals surface area contributed by atoms with Gasteiger partial charge in [0.05, 0.1) is 24.9 Å². The molecule has 2 atom stereocenters. The molecule has 0 spiro atoms. The summed E-state index contributed by atoms with van der Waals surface area (Å²) in [4.78, 5) is 7.00. The summed E-state index contributed by atoms with van der Waals surface area (Å²) in [6.45, 7) is 7.50. The lowest BCUT2D eigenvalue weighted by molar-refractivity contribution is 0.312. The Morgan fingerprint density at radius 2 is 1.90 bits per heavy atom. The fourth-order valence-corrected chi connectivity index (χ4v) is 4.86. The lowest BCUT2D eigenvalue weighted by Crippen LogP contribution is -2.30. The first kappa shape index (κ1) is 21.4. The number of ether oxygens (including phenoxy) is 1. The second kappa shape index (κ2) is 9.10. The Bertz CT molecular complexity index is 1050. The summed E-state index contributed by atoms with van der Waals surface area (Å²) in [6, 6.07) is 16.7. The van der Waals surface area contributed by atoms with E-state index in [0.29, 0.717) is 0 Å². The van der Waals surface area contributed by atoms with Gasteiger partial charge < -0.3 is 19.5 Å². The van der Waals surface area contributed by atoms with Crippen LogP contribution in [0.25, 0.3) is 5.69 Å². The predicted molar refractivity (Wildman–Crippen MR) is 129 cm³/mol. The predicted octanol–water partition coefficient (Wildman–Crippen LogP) is 5.27. The molecule has 0 saturated carbocycles. The summed E-state index contributed by atoms with van der Waals surface area (Å²) in [6.07, 6.45) is 4.09. The highest BCUT2D eigenvalue weighted by Crippen LogP contribution is 2.41. The lowest BCUT2D eigenvalue weighted by Gasteiger charge is -2.28. The molecule has 0 amide bonds. The third-order valence-electron chi connectivity index (χ3n) is 6.07. The van der Waals surface area contributed by atoms with Crippen LogP contribution in [0, 0.1) is 13.8 Å². The van der Waals surface area contributed by atoms with Crippen molar-refractivity contribution in [2.75, 3.05) is 13.7 Å². The van der Waals surface area contributed by atoms with E-state index >= 15 is 0 Å². The molecule has 1 aliphatic rings. The van der Waals surface area contributed by atoms with E-state index in [1.165, 1.54) is 17.0 Å². The van der Waals surface area contributed by atoms with E-state index in [1.807, 2.05) is 30.5 Å². The summed E-state index contributed by atoms with van der Waals surface area (Å²) < 4.78 is 7.64. The molecule has 1 saturated heterocycles. The Balaban J connectivity index is 1.79. The number of rotatable bonds is 7. The quantitative estimate of drug-likeness (QED) is 0.513. The second-order valence-corrected chi connectivity index (χ2v) is 8.42. The van der Waals surface area contributed by atoms with E-state index in [-0.39, 0.29) is 12.1 Å². The van der Waals surface area contributed by atoms with Gasteiger partial charge in [-0.25, -0.2) is 0 Å². The number of benzene rings is 1. The van der Waals surface area contributed by atoms with E-state index in [1.54, 1.807) is 7.11 Å². The monoisotopic (exact) mass is 434 g/mol. The maximum Gasteiger partial charge on any atom is 0.170 e. The summed E-state index contributed by atoms with van der Waals surface area (Å²) in [5, 5.41) is 4.37. The van der Waals surface area contributed by atoms with Crippen LogP contribution < -0.4 is 10.1 Å². The summed E-state index contributed by atoms with van der Waals surface area (Å²) in [5.41, 5.74) is 5.85.